The molecule has 0 unspecified atom stereocenters. The zero-order chi connectivity index (χ0) is 20.2. The topological polar surface area (TPSA) is 68.0 Å². The SMILES string of the molecule is CC(C)c1ccc(/C=C/C(=O)Nc2ccc3oc(-c4ccncc4)nc3c2)cc1. The Hall–Kier alpha value is -3.73. The number of oxazole rings is 1. The highest BCUT2D eigenvalue weighted by atomic mass is 16.3. The van der Waals surface area contributed by atoms with Crippen molar-refractivity contribution in [2.45, 2.75) is 19.8 Å². The van der Waals surface area contributed by atoms with Crippen molar-refractivity contribution < 1.29 is 9.21 Å². The van der Waals surface area contributed by atoms with E-state index >= 15 is 0 Å². The van der Waals surface area contributed by atoms with Crippen LogP contribution < -0.4 is 5.32 Å². The molecule has 2 aromatic heterocycles. The molecule has 0 spiro atoms. The van der Waals surface area contributed by atoms with Crippen LogP contribution in [0, 0.1) is 0 Å². The van der Waals surface area contributed by atoms with E-state index in [0.29, 0.717) is 28.6 Å². The average Bonchev–Trinajstić information content (AvgIpc) is 3.17. The molecule has 2 aromatic carbocycles. The number of rotatable bonds is 5. The molecule has 29 heavy (non-hydrogen) atoms. The molecule has 0 aliphatic carbocycles. The number of hydrogen-bond acceptors (Lipinski definition) is 4. The van der Waals surface area contributed by atoms with Crippen LogP contribution in [0.1, 0.15) is 30.9 Å². The van der Waals surface area contributed by atoms with Crippen molar-refractivity contribution in [2.24, 2.45) is 0 Å². The van der Waals surface area contributed by atoms with E-state index in [9.17, 15) is 4.79 Å². The molecule has 0 saturated heterocycles. The van der Waals surface area contributed by atoms with Gasteiger partial charge in [-0.1, -0.05) is 38.1 Å². The lowest BCUT2D eigenvalue weighted by Crippen LogP contribution is -2.07. The predicted octanol–water partition coefficient (Wildman–Crippen LogP) is 5.67. The van der Waals surface area contributed by atoms with E-state index in [2.05, 4.69) is 41.3 Å². The summed E-state index contributed by atoms with van der Waals surface area (Å²) in [7, 11) is 0. The zero-order valence-corrected chi connectivity index (χ0v) is 16.3. The largest absolute Gasteiger partial charge is 0.436 e. The summed E-state index contributed by atoms with van der Waals surface area (Å²) >= 11 is 0. The maximum absolute atomic E-state index is 12.3. The molecule has 144 valence electrons. The van der Waals surface area contributed by atoms with Crippen LogP contribution in [0.4, 0.5) is 5.69 Å². The second-order valence-electron chi connectivity index (χ2n) is 7.08. The number of hydrogen-bond donors (Lipinski definition) is 1. The highest BCUT2D eigenvalue weighted by Crippen LogP contribution is 2.25. The Balaban J connectivity index is 1.46. The lowest BCUT2D eigenvalue weighted by Gasteiger charge is -2.04. The summed E-state index contributed by atoms with van der Waals surface area (Å²) in [6.45, 7) is 4.31. The van der Waals surface area contributed by atoms with Gasteiger partial charge in [0.25, 0.3) is 0 Å². The number of carbonyl (C=O) groups excluding carboxylic acids is 1. The summed E-state index contributed by atoms with van der Waals surface area (Å²) in [5.74, 6) is 0.813. The summed E-state index contributed by atoms with van der Waals surface area (Å²) in [6, 6.07) is 17.3. The van der Waals surface area contributed by atoms with Crippen molar-refractivity contribution in [3.05, 3.63) is 84.2 Å². The highest BCUT2D eigenvalue weighted by Gasteiger charge is 2.09. The van der Waals surface area contributed by atoms with Crippen LogP contribution in [0.15, 0.2) is 77.5 Å². The normalized spacial score (nSPS) is 11.4. The Morgan fingerprint density at radius 2 is 1.79 bits per heavy atom. The number of benzene rings is 2. The third-order valence-corrected chi connectivity index (χ3v) is 4.61. The molecular weight excluding hydrogens is 362 g/mol. The molecule has 4 rings (SSSR count). The third kappa shape index (κ3) is 4.41. The van der Waals surface area contributed by atoms with Gasteiger partial charge in [-0.05, 0) is 53.5 Å². The molecule has 0 radical (unpaired) electrons. The Morgan fingerprint density at radius 3 is 2.52 bits per heavy atom. The Bertz CT molecular complexity index is 1160. The van der Waals surface area contributed by atoms with E-state index in [1.807, 2.05) is 24.3 Å². The van der Waals surface area contributed by atoms with Gasteiger partial charge in [-0.2, -0.15) is 0 Å². The molecular formula is C24H21N3O2. The fraction of sp³-hybridized carbons (Fsp3) is 0.125. The van der Waals surface area contributed by atoms with Crippen molar-refractivity contribution in [3.8, 4) is 11.5 Å². The standard InChI is InChI=1S/C24H21N3O2/c1-16(2)18-6-3-17(4-7-18)5-10-23(28)26-20-8-9-22-21(15-20)27-24(29-22)19-11-13-25-14-12-19/h3-16H,1-2H3,(H,26,28)/b10-5+. The summed E-state index contributed by atoms with van der Waals surface area (Å²) < 4.78 is 5.78. The first-order valence-corrected chi connectivity index (χ1v) is 9.48. The smallest absolute Gasteiger partial charge is 0.248 e. The van der Waals surface area contributed by atoms with Crippen molar-refractivity contribution in [1.82, 2.24) is 9.97 Å². The highest BCUT2D eigenvalue weighted by molar-refractivity contribution is 6.02. The van der Waals surface area contributed by atoms with Crippen LogP contribution >= 0.6 is 0 Å². The zero-order valence-electron chi connectivity index (χ0n) is 16.3. The van der Waals surface area contributed by atoms with Gasteiger partial charge in [-0.15, -0.1) is 0 Å². The van der Waals surface area contributed by atoms with Gasteiger partial charge in [-0.25, -0.2) is 4.98 Å². The average molecular weight is 383 g/mol. The summed E-state index contributed by atoms with van der Waals surface area (Å²) in [6.07, 6.45) is 6.71. The van der Waals surface area contributed by atoms with Gasteiger partial charge < -0.3 is 9.73 Å². The first-order valence-electron chi connectivity index (χ1n) is 9.48. The Labute approximate surface area is 169 Å². The number of nitrogens with zero attached hydrogens (tertiary/aromatic N) is 2. The molecule has 5 nitrogen and oxygen atoms in total. The van der Waals surface area contributed by atoms with Gasteiger partial charge in [0, 0.05) is 29.7 Å². The van der Waals surface area contributed by atoms with Gasteiger partial charge in [0.2, 0.25) is 11.8 Å². The van der Waals surface area contributed by atoms with Gasteiger partial charge >= 0.3 is 0 Å². The number of aromatic nitrogens is 2. The molecule has 4 aromatic rings. The van der Waals surface area contributed by atoms with E-state index in [1.54, 1.807) is 36.7 Å². The second kappa shape index (κ2) is 8.10. The molecule has 1 N–H and O–H groups in total. The van der Waals surface area contributed by atoms with Crippen LogP contribution in [-0.4, -0.2) is 15.9 Å². The second-order valence-corrected chi connectivity index (χ2v) is 7.08. The Morgan fingerprint density at radius 1 is 1.03 bits per heavy atom. The van der Waals surface area contributed by atoms with Crippen LogP contribution in [0.3, 0.4) is 0 Å². The van der Waals surface area contributed by atoms with E-state index in [-0.39, 0.29) is 5.91 Å². The van der Waals surface area contributed by atoms with Gasteiger partial charge in [0.05, 0.1) is 0 Å². The number of anilines is 1. The van der Waals surface area contributed by atoms with E-state index in [0.717, 1.165) is 11.1 Å². The summed E-state index contributed by atoms with van der Waals surface area (Å²) in [5, 5.41) is 2.87. The molecule has 0 atom stereocenters. The van der Waals surface area contributed by atoms with Crippen molar-refractivity contribution >= 4 is 28.8 Å². The molecule has 0 bridgehead atoms. The number of fused-ring (bicyclic) bond motifs is 1. The molecule has 0 saturated carbocycles. The Kier molecular flexibility index (Phi) is 5.20. The van der Waals surface area contributed by atoms with Crippen molar-refractivity contribution in [1.29, 1.82) is 0 Å². The van der Waals surface area contributed by atoms with E-state index in [4.69, 9.17) is 4.42 Å². The molecule has 0 aliphatic rings. The molecule has 0 aliphatic heterocycles. The maximum atomic E-state index is 12.3. The number of nitrogens with one attached hydrogen (secondary N) is 1. The van der Waals surface area contributed by atoms with Gasteiger partial charge in [0.15, 0.2) is 5.58 Å². The number of amides is 1. The first-order chi connectivity index (χ1) is 14.1. The third-order valence-electron chi connectivity index (χ3n) is 4.61. The molecule has 2 heterocycles. The molecule has 5 heteroatoms. The first kappa shape index (κ1) is 18.6. The fourth-order valence-electron chi connectivity index (χ4n) is 2.97. The van der Waals surface area contributed by atoms with Crippen molar-refractivity contribution in [3.63, 3.8) is 0 Å². The van der Waals surface area contributed by atoms with Crippen LogP contribution in [0.5, 0.6) is 0 Å². The maximum Gasteiger partial charge on any atom is 0.248 e. The minimum atomic E-state index is -0.199. The lowest BCUT2D eigenvalue weighted by atomic mass is 10.0. The van der Waals surface area contributed by atoms with Crippen molar-refractivity contribution in [2.75, 3.05) is 5.32 Å². The molecule has 0 fully saturated rings. The number of carbonyl (C=O) groups is 1. The molecule has 1 amide bonds. The van der Waals surface area contributed by atoms with Crippen LogP contribution in [0.2, 0.25) is 0 Å². The van der Waals surface area contributed by atoms with Crippen LogP contribution in [-0.2, 0) is 4.79 Å². The van der Waals surface area contributed by atoms with E-state index in [1.165, 1.54) is 11.6 Å². The van der Waals surface area contributed by atoms with E-state index < -0.39 is 0 Å². The number of pyridine rings is 1. The van der Waals surface area contributed by atoms with Gasteiger partial charge in [0.1, 0.15) is 5.52 Å². The minimum absolute atomic E-state index is 0.199. The van der Waals surface area contributed by atoms with Gasteiger partial charge in [-0.3, -0.25) is 9.78 Å². The fourth-order valence-corrected chi connectivity index (χ4v) is 2.97. The monoisotopic (exact) mass is 383 g/mol. The quantitative estimate of drug-likeness (QED) is 0.451. The predicted molar refractivity (Wildman–Crippen MR) is 115 cm³/mol. The van der Waals surface area contributed by atoms with Crippen LogP contribution in [0.25, 0.3) is 28.6 Å². The minimum Gasteiger partial charge on any atom is -0.436 e. The summed E-state index contributed by atoms with van der Waals surface area (Å²) in [4.78, 5) is 20.8. The lowest BCUT2D eigenvalue weighted by molar-refractivity contribution is -0.111. The summed E-state index contributed by atoms with van der Waals surface area (Å²) in [5.41, 5.74) is 5.13.